The maximum absolute atomic E-state index is 11.3. The van der Waals surface area contributed by atoms with Crippen LogP contribution in [0, 0.1) is 0 Å². The zero-order valence-electron chi connectivity index (χ0n) is 9.91. The fraction of sp³-hybridized carbons (Fsp3) is 0.308. The summed E-state index contributed by atoms with van der Waals surface area (Å²) in [5, 5.41) is 8.53. The topological polar surface area (TPSA) is 57.6 Å². The minimum atomic E-state index is -0.947. The highest BCUT2D eigenvalue weighted by molar-refractivity contribution is 7.85. The molecule has 5 heteroatoms. The zero-order valence-corrected chi connectivity index (χ0v) is 10.7. The highest BCUT2D eigenvalue weighted by atomic mass is 32.2. The standard InChI is InChI=1S/C13H15NO3S/c15-13(16)6-3-11-1-4-12(5-2-11)14-7-9-18(17)10-8-14/h1-6H,7-10H2,(H,15,16). The van der Waals surface area contributed by atoms with Gasteiger partial charge in [-0.05, 0) is 23.8 Å². The van der Waals surface area contributed by atoms with Crippen molar-refractivity contribution in [3.8, 4) is 0 Å². The lowest BCUT2D eigenvalue weighted by atomic mass is 10.2. The predicted molar refractivity (Wildman–Crippen MR) is 73.2 cm³/mol. The van der Waals surface area contributed by atoms with Crippen molar-refractivity contribution in [1.82, 2.24) is 0 Å². The Morgan fingerprint density at radius 2 is 1.83 bits per heavy atom. The van der Waals surface area contributed by atoms with Gasteiger partial charge in [0, 0.05) is 47.2 Å². The van der Waals surface area contributed by atoms with Crippen LogP contribution in [-0.2, 0) is 15.6 Å². The SMILES string of the molecule is O=C(O)C=Cc1ccc(N2CCS(=O)CC2)cc1. The Kier molecular flexibility index (Phi) is 4.15. The largest absolute Gasteiger partial charge is 0.478 e. The molecule has 1 aliphatic rings. The second-order valence-electron chi connectivity index (χ2n) is 4.10. The van der Waals surface area contributed by atoms with Crippen molar-refractivity contribution >= 4 is 28.5 Å². The highest BCUT2D eigenvalue weighted by Crippen LogP contribution is 2.17. The summed E-state index contributed by atoms with van der Waals surface area (Å²) >= 11 is 0. The number of hydrogen-bond acceptors (Lipinski definition) is 3. The molecule has 2 rings (SSSR count). The molecule has 1 fully saturated rings. The molecule has 0 unspecified atom stereocenters. The summed E-state index contributed by atoms with van der Waals surface area (Å²) in [6.45, 7) is 1.63. The monoisotopic (exact) mass is 265 g/mol. The van der Waals surface area contributed by atoms with Crippen molar-refractivity contribution in [2.24, 2.45) is 0 Å². The number of nitrogens with zero attached hydrogens (tertiary/aromatic N) is 1. The number of rotatable bonds is 3. The Morgan fingerprint density at radius 3 is 2.39 bits per heavy atom. The van der Waals surface area contributed by atoms with Crippen LogP contribution >= 0.6 is 0 Å². The Bertz CT molecular complexity index is 472. The summed E-state index contributed by atoms with van der Waals surface area (Å²) in [5.74, 6) is 0.499. The number of benzene rings is 1. The molecule has 96 valence electrons. The van der Waals surface area contributed by atoms with Gasteiger partial charge in [0.25, 0.3) is 0 Å². The van der Waals surface area contributed by atoms with Gasteiger partial charge < -0.3 is 10.0 Å². The van der Waals surface area contributed by atoms with E-state index in [9.17, 15) is 9.00 Å². The van der Waals surface area contributed by atoms with E-state index in [0.29, 0.717) is 0 Å². The van der Waals surface area contributed by atoms with Gasteiger partial charge in [-0.2, -0.15) is 0 Å². The third-order valence-electron chi connectivity index (χ3n) is 2.85. The molecule has 0 amide bonds. The van der Waals surface area contributed by atoms with Crippen LogP contribution in [0.15, 0.2) is 30.3 Å². The van der Waals surface area contributed by atoms with Crippen LogP contribution in [0.2, 0.25) is 0 Å². The van der Waals surface area contributed by atoms with Crippen molar-refractivity contribution < 1.29 is 14.1 Å². The van der Waals surface area contributed by atoms with E-state index in [1.54, 1.807) is 6.08 Å². The molecule has 1 saturated heterocycles. The fourth-order valence-corrected chi connectivity index (χ4v) is 2.91. The van der Waals surface area contributed by atoms with Crippen LogP contribution in [0.1, 0.15) is 5.56 Å². The molecule has 0 saturated carbocycles. The molecule has 18 heavy (non-hydrogen) atoms. The third kappa shape index (κ3) is 3.43. The van der Waals surface area contributed by atoms with E-state index >= 15 is 0 Å². The Morgan fingerprint density at radius 1 is 1.22 bits per heavy atom. The molecular formula is C13H15NO3S. The molecule has 1 N–H and O–H groups in total. The summed E-state index contributed by atoms with van der Waals surface area (Å²) in [7, 11) is -0.665. The molecular weight excluding hydrogens is 250 g/mol. The first-order chi connectivity index (χ1) is 8.65. The molecule has 1 aliphatic heterocycles. The van der Waals surface area contributed by atoms with Gasteiger partial charge in [0.15, 0.2) is 0 Å². The number of carbonyl (C=O) groups is 1. The molecule has 0 spiro atoms. The van der Waals surface area contributed by atoms with E-state index in [2.05, 4.69) is 4.90 Å². The van der Waals surface area contributed by atoms with E-state index in [-0.39, 0.29) is 0 Å². The quantitative estimate of drug-likeness (QED) is 0.838. The van der Waals surface area contributed by atoms with Crippen LogP contribution in [0.5, 0.6) is 0 Å². The molecule has 0 radical (unpaired) electrons. The maximum atomic E-state index is 11.3. The first-order valence-electron chi connectivity index (χ1n) is 5.76. The molecule has 0 atom stereocenters. The first-order valence-corrected chi connectivity index (χ1v) is 7.25. The van der Waals surface area contributed by atoms with Crippen LogP contribution in [-0.4, -0.2) is 39.9 Å². The summed E-state index contributed by atoms with van der Waals surface area (Å²) in [4.78, 5) is 12.6. The van der Waals surface area contributed by atoms with Gasteiger partial charge in [-0.15, -0.1) is 0 Å². The number of anilines is 1. The van der Waals surface area contributed by atoms with Gasteiger partial charge in [-0.25, -0.2) is 4.79 Å². The fourth-order valence-electron chi connectivity index (χ4n) is 1.86. The van der Waals surface area contributed by atoms with Crippen molar-refractivity contribution in [2.75, 3.05) is 29.5 Å². The van der Waals surface area contributed by atoms with Gasteiger partial charge >= 0.3 is 5.97 Å². The number of hydrogen-bond donors (Lipinski definition) is 1. The van der Waals surface area contributed by atoms with E-state index in [0.717, 1.165) is 41.9 Å². The van der Waals surface area contributed by atoms with E-state index in [1.165, 1.54) is 0 Å². The molecule has 0 aromatic heterocycles. The molecule has 1 aromatic carbocycles. The van der Waals surface area contributed by atoms with E-state index in [1.807, 2.05) is 24.3 Å². The van der Waals surface area contributed by atoms with Gasteiger partial charge in [0.2, 0.25) is 0 Å². The minimum Gasteiger partial charge on any atom is -0.478 e. The Hall–Kier alpha value is -1.62. The second kappa shape index (κ2) is 5.82. The van der Waals surface area contributed by atoms with Crippen LogP contribution in [0.3, 0.4) is 0 Å². The van der Waals surface area contributed by atoms with E-state index in [4.69, 9.17) is 5.11 Å². The first kappa shape index (κ1) is 12.8. The van der Waals surface area contributed by atoms with Crippen LogP contribution in [0.4, 0.5) is 5.69 Å². The van der Waals surface area contributed by atoms with Crippen molar-refractivity contribution in [2.45, 2.75) is 0 Å². The number of aliphatic carboxylic acids is 1. The smallest absolute Gasteiger partial charge is 0.328 e. The summed E-state index contributed by atoms with van der Waals surface area (Å²) in [6, 6.07) is 7.71. The summed E-state index contributed by atoms with van der Waals surface area (Å²) < 4.78 is 11.3. The second-order valence-corrected chi connectivity index (χ2v) is 5.79. The van der Waals surface area contributed by atoms with Crippen LogP contribution < -0.4 is 4.90 Å². The average molecular weight is 265 g/mol. The van der Waals surface area contributed by atoms with Gasteiger partial charge in [-0.1, -0.05) is 12.1 Å². The Balaban J connectivity index is 2.03. The molecule has 0 bridgehead atoms. The maximum Gasteiger partial charge on any atom is 0.328 e. The number of carboxylic acid groups (broad SMARTS) is 1. The van der Waals surface area contributed by atoms with Crippen molar-refractivity contribution in [1.29, 1.82) is 0 Å². The third-order valence-corrected chi connectivity index (χ3v) is 4.13. The van der Waals surface area contributed by atoms with Gasteiger partial charge in [0.1, 0.15) is 0 Å². The minimum absolute atomic E-state index is 0.665. The predicted octanol–water partition coefficient (Wildman–Crippen LogP) is 1.35. The molecule has 4 nitrogen and oxygen atoms in total. The number of carboxylic acids is 1. The zero-order chi connectivity index (χ0) is 13.0. The van der Waals surface area contributed by atoms with Gasteiger partial charge in [0.05, 0.1) is 0 Å². The lowest BCUT2D eigenvalue weighted by Gasteiger charge is -2.28. The summed E-state index contributed by atoms with van der Waals surface area (Å²) in [5.41, 5.74) is 1.96. The molecule has 1 heterocycles. The lowest BCUT2D eigenvalue weighted by Crippen LogP contribution is -2.37. The molecule has 0 aliphatic carbocycles. The van der Waals surface area contributed by atoms with Crippen molar-refractivity contribution in [3.05, 3.63) is 35.9 Å². The van der Waals surface area contributed by atoms with Gasteiger partial charge in [-0.3, -0.25) is 4.21 Å². The molecule has 1 aromatic rings. The summed E-state index contributed by atoms with van der Waals surface area (Å²) in [6.07, 6.45) is 2.69. The average Bonchev–Trinajstić information content (AvgIpc) is 2.38. The van der Waals surface area contributed by atoms with Crippen molar-refractivity contribution in [3.63, 3.8) is 0 Å². The Labute approximate surface area is 108 Å². The normalized spacial score (nSPS) is 17.2. The lowest BCUT2D eigenvalue weighted by molar-refractivity contribution is -0.131. The van der Waals surface area contributed by atoms with E-state index < -0.39 is 16.8 Å². The van der Waals surface area contributed by atoms with Crippen LogP contribution in [0.25, 0.3) is 6.08 Å². The highest BCUT2D eigenvalue weighted by Gasteiger charge is 2.14.